The molecule has 0 radical (unpaired) electrons. The fourth-order valence-electron chi connectivity index (χ4n) is 2.57. The van der Waals surface area contributed by atoms with Gasteiger partial charge in [0.15, 0.2) is 0 Å². The number of methoxy groups -OCH3 is 1. The van der Waals surface area contributed by atoms with Gasteiger partial charge in [-0.05, 0) is 29.8 Å². The number of thiazole rings is 1. The van der Waals surface area contributed by atoms with Crippen LogP contribution in [0.1, 0.15) is 23.7 Å². The third-order valence-corrected chi connectivity index (χ3v) is 6.65. The lowest BCUT2D eigenvalue weighted by Crippen LogP contribution is -2.31. The Morgan fingerprint density at radius 2 is 2.14 bits per heavy atom. The molecule has 9 heteroatoms. The summed E-state index contributed by atoms with van der Waals surface area (Å²) in [6, 6.07) is 10.7. The summed E-state index contributed by atoms with van der Waals surface area (Å²) in [5, 5.41) is 5.60. The van der Waals surface area contributed by atoms with Crippen LogP contribution < -0.4 is 5.32 Å². The molecule has 1 amide bonds. The van der Waals surface area contributed by atoms with Crippen molar-refractivity contribution < 1.29 is 14.3 Å². The Balaban J connectivity index is 1.69. The summed E-state index contributed by atoms with van der Waals surface area (Å²) in [6.45, 7) is 0. The molecule has 1 N–H and O–H groups in total. The van der Waals surface area contributed by atoms with E-state index in [2.05, 4.69) is 26.2 Å². The van der Waals surface area contributed by atoms with Gasteiger partial charge in [0.2, 0.25) is 5.91 Å². The molecule has 1 unspecified atom stereocenters. The Kier molecular flexibility index (Phi) is 7.23. The van der Waals surface area contributed by atoms with Crippen LogP contribution in [0.3, 0.4) is 0 Å². The highest BCUT2D eigenvalue weighted by atomic mass is 79.9. The Morgan fingerprint density at radius 3 is 2.82 bits per heavy atom. The molecule has 0 saturated heterocycles. The minimum Gasteiger partial charge on any atom is -0.469 e. The summed E-state index contributed by atoms with van der Waals surface area (Å²) >= 11 is 12.3. The van der Waals surface area contributed by atoms with E-state index in [0.717, 1.165) is 19.9 Å². The van der Waals surface area contributed by atoms with E-state index >= 15 is 0 Å². The maximum absolute atomic E-state index is 12.6. The normalized spacial score (nSPS) is 11.8. The van der Waals surface area contributed by atoms with Gasteiger partial charge in [0.1, 0.15) is 5.01 Å². The van der Waals surface area contributed by atoms with Crippen LogP contribution >= 0.6 is 50.2 Å². The molecule has 0 fully saturated rings. The molecular weight excluding hydrogens is 484 g/mol. The summed E-state index contributed by atoms with van der Waals surface area (Å²) in [7, 11) is 1.33. The third kappa shape index (κ3) is 5.64. The molecule has 2 heterocycles. The SMILES string of the molecule is COC(=O)CC(NC(=O)Cc1csc(-c2ccc(Cl)s2)n1)c1cccc(Br)c1. The highest BCUT2D eigenvalue weighted by Crippen LogP contribution is 2.33. The summed E-state index contributed by atoms with van der Waals surface area (Å²) in [4.78, 5) is 29.8. The van der Waals surface area contributed by atoms with Crippen molar-refractivity contribution >= 4 is 62.1 Å². The van der Waals surface area contributed by atoms with E-state index in [9.17, 15) is 9.59 Å². The zero-order valence-electron chi connectivity index (χ0n) is 14.8. The molecule has 3 rings (SSSR count). The molecule has 0 saturated carbocycles. The smallest absolute Gasteiger partial charge is 0.307 e. The minimum atomic E-state index is -0.480. The predicted molar refractivity (Wildman–Crippen MR) is 116 cm³/mol. The molecule has 1 aromatic carbocycles. The van der Waals surface area contributed by atoms with Crippen LogP contribution in [0.25, 0.3) is 9.88 Å². The van der Waals surface area contributed by atoms with Crippen LogP contribution in [-0.4, -0.2) is 24.0 Å². The molecule has 146 valence electrons. The Morgan fingerprint density at radius 1 is 1.32 bits per heavy atom. The Hall–Kier alpha value is -1.74. The average Bonchev–Trinajstić information content (AvgIpc) is 3.29. The number of aromatic nitrogens is 1. The van der Waals surface area contributed by atoms with Crippen molar-refractivity contribution in [1.82, 2.24) is 10.3 Å². The third-order valence-electron chi connectivity index (χ3n) is 3.86. The number of nitrogens with one attached hydrogen (secondary N) is 1. The second kappa shape index (κ2) is 9.65. The minimum absolute atomic E-state index is 0.0503. The van der Waals surface area contributed by atoms with Gasteiger partial charge in [-0.15, -0.1) is 22.7 Å². The first-order chi connectivity index (χ1) is 13.4. The summed E-state index contributed by atoms with van der Waals surface area (Å²) < 4.78 is 6.33. The molecule has 5 nitrogen and oxygen atoms in total. The lowest BCUT2D eigenvalue weighted by molar-refractivity contribution is -0.141. The van der Waals surface area contributed by atoms with Gasteiger partial charge in [-0.3, -0.25) is 9.59 Å². The van der Waals surface area contributed by atoms with Gasteiger partial charge in [0.05, 0.1) is 40.9 Å². The average molecular weight is 500 g/mol. The van der Waals surface area contributed by atoms with Crippen LogP contribution in [0.4, 0.5) is 0 Å². The van der Waals surface area contributed by atoms with E-state index in [1.54, 1.807) is 0 Å². The molecule has 1 atom stereocenters. The molecule has 0 spiro atoms. The van der Waals surface area contributed by atoms with Crippen molar-refractivity contribution in [1.29, 1.82) is 0 Å². The van der Waals surface area contributed by atoms with Gasteiger partial charge in [-0.2, -0.15) is 0 Å². The largest absolute Gasteiger partial charge is 0.469 e. The highest BCUT2D eigenvalue weighted by Gasteiger charge is 2.20. The Labute approximate surface area is 183 Å². The van der Waals surface area contributed by atoms with Crippen LogP contribution in [-0.2, 0) is 20.7 Å². The van der Waals surface area contributed by atoms with Crippen LogP contribution in [0.2, 0.25) is 4.34 Å². The molecule has 0 aliphatic heterocycles. The molecule has 0 aliphatic rings. The number of ether oxygens (including phenoxy) is 1. The monoisotopic (exact) mass is 498 g/mol. The molecule has 3 aromatic rings. The first-order valence-corrected chi connectivity index (χ1v) is 11.1. The second-order valence-corrected chi connectivity index (χ2v) is 9.37. The van der Waals surface area contributed by atoms with Crippen molar-refractivity contribution in [2.75, 3.05) is 7.11 Å². The Bertz CT molecular complexity index is 989. The topological polar surface area (TPSA) is 68.3 Å². The zero-order chi connectivity index (χ0) is 20.1. The number of halogens is 2. The lowest BCUT2D eigenvalue weighted by Gasteiger charge is -2.18. The van der Waals surface area contributed by atoms with E-state index in [0.29, 0.717) is 10.0 Å². The fraction of sp³-hybridized carbons (Fsp3) is 0.211. The predicted octanol–water partition coefficient (Wildman–Crippen LogP) is 5.25. The molecule has 0 bridgehead atoms. The number of hydrogen-bond acceptors (Lipinski definition) is 6. The number of carbonyl (C=O) groups is 2. The highest BCUT2D eigenvalue weighted by molar-refractivity contribution is 9.10. The number of benzene rings is 1. The van der Waals surface area contributed by atoms with E-state index in [-0.39, 0.29) is 18.7 Å². The van der Waals surface area contributed by atoms with Crippen molar-refractivity contribution in [2.45, 2.75) is 18.9 Å². The summed E-state index contributed by atoms with van der Waals surface area (Å²) in [5.74, 6) is -0.606. The van der Waals surface area contributed by atoms with Crippen molar-refractivity contribution in [2.24, 2.45) is 0 Å². The van der Waals surface area contributed by atoms with Gasteiger partial charge < -0.3 is 10.1 Å². The van der Waals surface area contributed by atoms with E-state index in [1.807, 2.05) is 41.8 Å². The van der Waals surface area contributed by atoms with Gasteiger partial charge in [0, 0.05) is 9.85 Å². The summed E-state index contributed by atoms with van der Waals surface area (Å²) in [5.41, 5.74) is 1.49. The lowest BCUT2D eigenvalue weighted by atomic mass is 10.0. The van der Waals surface area contributed by atoms with E-state index < -0.39 is 12.0 Å². The maximum atomic E-state index is 12.6. The van der Waals surface area contributed by atoms with Crippen molar-refractivity contribution in [3.8, 4) is 9.88 Å². The van der Waals surface area contributed by atoms with Crippen molar-refractivity contribution in [3.63, 3.8) is 0 Å². The standard InChI is InChI=1S/C19H16BrClN2O3S2/c1-26-18(25)9-14(11-3-2-4-12(20)7-11)23-17(24)8-13-10-27-19(22-13)15-5-6-16(21)28-15/h2-7,10,14H,8-9H2,1H3,(H,23,24). The van der Waals surface area contributed by atoms with Crippen LogP contribution in [0.15, 0.2) is 46.3 Å². The van der Waals surface area contributed by atoms with E-state index in [1.165, 1.54) is 29.8 Å². The van der Waals surface area contributed by atoms with Gasteiger partial charge in [-0.25, -0.2) is 4.98 Å². The first kappa shape index (κ1) is 21.0. The number of esters is 1. The number of hydrogen-bond donors (Lipinski definition) is 1. The number of carbonyl (C=O) groups excluding carboxylic acids is 2. The molecule has 0 aliphatic carbocycles. The second-order valence-electron chi connectivity index (χ2n) is 5.88. The molecular formula is C19H16BrClN2O3S2. The van der Waals surface area contributed by atoms with Crippen LogP contribution in [0, 0.1) is 0 Å². The van der Waals surface area contributed by atoms with Crippen molar-refractivity contribution in [3.05, 3.63) is 61.8 Å². The van der Waals surface area contributed by atoms with Gasteiger partial charge in [0.25, 0.3) is 0 Å². The molecule has 28 heavy (non-hydrogen) atoms. The number of rotatable bonds is 7. The number of amides is 1. The van der Waals surface area contributed by atoms with Gasteiger partial charge in [-0.1, -0.05) is 39.7 Å². The van der Waals surface area contributed by atoms with Crippen LogP contribution in [0.5, 0.6) is 0 Å². The fourth-order valence-corrected chi connectivity index (χ4v) is 4.92. The zero-order valence-corrected chi connectivity index (χ0v) is 18.8. The number of thiophene rings is 1. The van der Waals surface area contributed by atoms with E-state index in [4.69, 9.17) is 16.3 Å². The number of nitrogens with zero attached hydrogens (tertiary/aromatic N) is 1. The van der Waals surface area contributed by atoms with Gasteiger partial charge >= 0.3 is 5.97 Å². The maximum Gasteiger partial charge on any atom is 0.307 e. The molecule has 2 aromatic heterocycles. The summed E-state index contributed by atoms with van der Waals surface area (Å²) in [6.07, 6.45) is 0.177. The quantitative estimate of drug-likeness (QED) is 0.451. The first-order valence-electron chi connectivity index (χ1n) is 8.26.